The topological polar surface area (TPSA) is 61.7 Å². The van der Waals surface area contributed by atoms with E-state index in [1.165, 1.54) is 5.56 Å². The van der Waals surface area contributed by atoms with Crippen molar-refractivity contribution < 1.29 is 14.9 Å². The highest BCUT2D eigenvalue weighted by atomic mass is 16.5. The molecule has 0 saturated carbocycles. The predicted octanol–water partition coefficient (Wildman–Crippen LogP) is 0.922. The summed E-state index contributed by atoms with van der Waals surface area (Å²) in [5.41, 5.74) is 1.19. The molecule has 0 bridgehead atoms. The smallest absolute Gasteiger partial charge is 0.115 e. The minimum absolute atomic E-state index is 0.0725. The van der Waals surface area contributed by atoms with Gasteiger partial charge in [0.15, 0.2) is 0 Å². The second kappa shape index (κ2) is 8.06. The third kappa shape index (κ3) is 6.26. The Morgan fingerprint density at radius 3 is 2.59 bits per heavy atom. The Morgan fingerprint density at radius 2 is 1.94 bits per heavy atom. The molecule has 1 atom stereocenters. The molecule has 4 nitrogen and oxygen atoms in total. The Morgan fingerprint density at radius 1 is 1.24 bits per heavy atom. The van der Waals surface area contributed by atoms with E-state index in [-0.39, 0.29) is 6.61 Å². The molecule has 96 valence electrons. The maximum atomic E-state index is 9.16. The fraction of sp³-hybridized carbons (Fsp3) is 0.538. The summed E-state index contributed by atoms with van der Waals surface area (Å²) < 4.78 is 5.15. The van der Waals surface area contributed by atoms with Gasteiger partial charge in [-0.15, -0.1) is 0 Å². The monoisotopic (exact) mass is 239 g/mol. The number of aliphatic hydroxyl groups is 1. The van der Waals surface area contributed by atoms with Gasteiger partial charge >= 0.3 is 0 Å². The maximum Gasteiger partial charge on any atom is 0.115 e. The molecule has 1 aromatic rings. The highest BCUT2D eigenvalue weighted by molar-refractivity contribution is 5.26. The van der Waals surface area contributed by atoms with Crippen molar-refractivity contribution in [2.24, 2.45) is 0 Å². The zero-order valence-corrected chi connectivity index (χ0v) is 10.2. The number of rotatable bonds is 8. The molecule has 1 unspecified atom stereocenters. The van der Waals surface area contributed by atoms with Crippen molar-refractivity contribution in [3.63, 3.8) is 0 Å². The second-order valence-electron chi connectivity index (χ2n) is 4.06. The summed E-state index contributed by atoms with van der Waals surface area (Å²) in [6.07, 6.45) is 0.917. The summed E-state index contributed by atoms with van der Waals surface area (Å²) in [6, 6.07) is 7.61. The zero-order chi connectivity index (χ0) is 12.5. The maximum absolute atomic E-state index is 9.16. The first-order chi connectivity index (χ1) is 8.22. The van der Waals surface area contributed by atoms with E-state index in [9.17, 15) is 0 Å². The number of ether oxygens (including phenoxy) is 1. The van der Waals surface area contributed by atoms with Crippen LogP contribution in [0.3, 0.4) is 0 Å². The molecule has 1 rings (SSSR count). The molecular weight excluding hydrogens is 218 g/mol. The molecule has 0 heterocycles. The molecule has 17 heavy (non-hydrogen) atoms. The van der Waals surface area contributed by atoms with E-state index < -0.39 is 0 Å². The molecule has 0 aliphatic carbocycles. The molecule has 0 amide bonds. The van der Waals surface area contributed by atoms with Crippen molar-refractivity contribution in [1.82, 2.24) is 5.32 Å². The van der Waals surface area contributed by atoms with E-state index in [0.29, 0.717) is 25.0 Å². The lowest BCUT2D eigenvalue weighted by Crippen LogP contribution is -2.31. The van der Waals surface area contributed by atoms with E-state index in [0.717, 1.165) is 13.0 Å². The molecular formula is C13H21NO3. The van der Waals surface area contributed by atoms with Crippen LogP contribution in [0, 0.1) is 0 Å². The standard InChI is InChI=1S/C13H21NO3/c1-11(14-6-8-17-9-7-15)10-12-2-4-13(16)5-3-12/h2-5,11,14-16H,6-10H2,1H3. The van der Waals surface area contributed by atoms with Crippen LogP contribution in [0.25, 0.3) is 0 Å². The normalized spacial score (nSPS) is 12.6. The Hall–Kier alpha value is -1.10. The van der Waals surface area contributed by atoms with Gasteiger partial charge in [0.1, 0.15) is 5.75 Å². The van der Waals surface area contributed by atoms with Gasteiger partial charge in [0.25, 0.3) is 0 Å². The van der Waals surface area contributed by atoms with Gasteiger partial charge in [0.2, 0.25) is 0 Å². The fourth-order valence-corrected chi connectivity index (χ4v) is 1.60. The molecule has 0 spiro atoms. The molecule has 0 radical (unpaired) electrons. The zero-order valence-electron chi connectivity index (χ0n) is 10.2. The first-order valence-electron chi connectivity index (χ1n) is 5.92. The van der Waals surface area contributed by atoms with Crippen molar-refractivity contribution >= 4 is 0 Å². The van der Waals surface area contributed by atoms with Gasteiger partial charge in [0.05, 0.1) is 19.8 Å². The summed E-state index contributed by atoms with van der Waals surface area (Å²) in [4.78, 5) is 0. The highest BCUT2D eigenvalue weighted by Crippen LogP contribution is 2.10. The average molecular weight is 239 g/mol. The largest absolute Gasteiger partial charge is 0.508 e. The third-order valence-corrected chi connectivity index (χ3v) is 2.45. The number of hydrogen-bond acceptors (Lipinski definition) is 4. The van der Waals surface area contributed by atoms with Crippen LogP contribution in [-0.4, -0.2) is 42.6 Å². The molecule has 0 saturated heterocycles. The van der Waals surface area contributed by atoms with Crippen molar-refractivity contribution in [1.29, 1.82) is 0 Å². The van der Waals surface area contributed by atoms with Gasteiger partial charge in [-0.05, 0) is 31.0 Å². The predicted molar refractivity (Wildman–Crippen MR) is 67.2 cm³/mol. The highest BCUT2D eigenvalue weighted by Gasteiger charge is 2.02. The summed E-state index contributed by atoms with van der Waals surface area (Å²) in [6.45, 7) is 3.97. The molecule has 0 aromatic heterocycles. The SMILES string of the molecule is CC(Cc1ccc(O)cc1)NCCOCCO. The Bertz CT molecular complexity index is 300. The molecule has 0 fully saturated rings. The third-order valence-electron chi connectivity index (χ3n) is 2.45. The van der Waals surface area contributed by atoms with E-state index in [1.807, 2.05) is 12.1 Å². The average Bonchev–Trinajstić information content (AvgIpc) is 2.32. The quantitative estimate of drug-likeness (QED) is 0.590. The molecule has 1 aromatic carbocycles. The van der Waals surface area contributed by atoms with Crippen molar-refractivity contribution in [2.45, 2.75) is 19.4 Å². The summed E-state index contributed by atoms with van der Waals surface area (Å²) in [5, 5.41) is 21.0. The number of phenols is 1. The minimum atomic E-state index is 0.0725. The lowest BCUT2D eigenvalue weighted by atomic mass is 10.1. The van der Waals surface area contributed by atoms with Crippen molar-refractivity contribution in [3.05, 3.63) is 29.8 Å². The van der Waals surface area contributed by atoms with Gasteiger partial charge in [-0.2, -0.15) is 0 Å². The van der Waals surface area contributed by atoms with E-state index in [4.69, 9.17) is 14.9 Å². The van der Waals surface area contributed by atoms with Gasteiger partial charge in [0, 0.05) is 12.6 Å². The second-order valence-corrected chi connectivity index (χ2v) is 4.06. The molecule has 3 N–H and O–H groups in total. The Kier molecular flexibility index (Phi) is 6.62. The Labute approximate surface area is 102 Å². The number of phenolic OH excluding ortho intramolecular Hbond substituents is 1. The van der Waals surface area contributed by atoms with Crippen LogP contribution in [0.4, 0.5) is 0 Å². The minimum Gasteiger partial charge on any atom is -0.508 e. The van der Waals surface area contributed by atoms with Gasteiger partial charge in [-0.1, -0.05) is 12.1 Å². The summed E-state index contributed by atoms with van der Waals surface area (Å²) >= 11 is 0. The van der Waals surface area contributed by atoms with Crippen LogP contribution in [-0.2, 0) is 11.2 Å². The number of benzene rings is 1. The molecule has 0 aliphatic rings. The molecule has 4 heteroatoms. The Balaban J connectivity index is 2.16. The van der Waals surface area contributed by atoms with E-state index >= 15 is 0 Å². The summed E-state index contributed by atoms with van der Waals surface area (Å²) in [7, 11) is 0. The molecule has 0 aliphatic heterocycles. The summed E-state index contributed by atoms with van der Waals surface area (Å²) in [5.74, 6) is 0.298. The van der Waals surface area contributed by atoms with E-state index in [2.05, 4.69) is 12.2 Å². The van der Waals surface area contributed by atoms with Crippen molar-refractivity contribution in [2.75, 3.05) is 26.4 Å². The first-order valence-corrected chi connectivity index (χ1v) is 5.92. The van der Waals surface area contributed by atoms with E-state index in [1.54, 1.807) is 12.1 Å². The lowest BCUT2D eigenvalue weighted by Gasteiger charge is -2.13. The number of aromatic hydroxyl groups is 1. The van der Waals surface area contributed by atoms with Crippen LogP contribution >= 0.6 is 0 Å². The van der Waals surface area contributed by atoms with Crippen LogP contribution in [0.15, 0.2) is 24.3 Å². The van der Waals surface area contributed by atoms with Crippen LogP contribution < -0.4 is 5.32 Å². The number of hydrogen-bond donors (Lipinski definition) is 3. The van der Waals surface area contributed by atoms with Crippen LogP contribution in [0.2, 0.25) is 0 Å². The number of aliphatic hydroxyl groups excluding tert-OH is 1. The number of nitrogens with one attached hydrogen (secondary N) is 1. The lowest BCUT2D eigenvalue weighted by molar-refractivity contribution is 0.0928. The van der Waals surface area contributed by atoms with Gasteiger partial charge < -0.3 is 20.3 Å². The first kappa shape index (κ1) is 14.0. The van der Waals surface area contributed by atoms with Crippen LogP contribution in [0.1, 0.15) is 12.5 Å². The van der Waals surface area contributed by atoms with Crippen LogP contribution in [0.5, 0.6) is 5.75 Å². The fourth-order valence-electron chi connectivity index (χ4n) is 1.60. The van der Waals surface area contributed by atoms with Gasteiger partial charge in [-0.3, -0.25) is 0 Å². The van der Waals surface area contributed by atoms with Crippen molar-refractivity contribution in [3.8, 4) is 5.75 Å². The van der Waals surface area contributed by atoms with Gasteiger partial charge in [-0.25, -0.2) is 0 Å².